The van der Waals surface area contributed by atoms with E-state index in [1.165, 1.54) is 0 Å². The number of halogens is 21. The maximum atomic E-state index is 13.6. The summed E-state index contributed by atoms with van der Waals surface area (Å²) < 4.78 is 284. The zero-order valence-electron chi connectivity index (χ0n) is 16.5. The van der Waals surface area contributed by atoms with E-state index >= 15 is 0 Å². The Kier molecular flexibility index (Phi) is 7.90. The first-order valence-corrected chi connectivity index (χ1v) is 8.49. The summed E-state index contributed by atoms with van der Waals surface area (Å²) in [6.07, 6.45) is -9.12. The molecule has 0 N–H and O–H groups in total. The van der Waals surface area contributed by atoms with Crippen molar-refractivity contribution >= 4 is 0 Å². The molecule has 0 aromatic carbocycles. The zero-order valence-corrected chi connectivity index (χ0v) is 16.5. The van der Waals surface area contributed by atoms with Gasteiger partial charge in [-0.25, -0.2) is 0 Å². The first kappa shape index (κ1) is 33.5. The molecule has 0 aromatic rings. The summed E-state index contributed by atoms with van der Waals surface area (Å²) in [5.41, 5.74) is 0. The third kappa shape index (κ3) is 4.53. The van der Waals surface area contributed by atoms with Crippen LogP contribution in [-0.4, -0.2) is 85.4 Å². The molecule has 1 fully saturated rings. The smallest absolute Gasteiger partial charge is 0.372 e. The van der Waals surface area contributed by atoms with Crippen molar-refractivity contribution < 1.29 is 102 Å². The molecule has 2 nitrogen and oxygen atoms in total. The molecule has 1 aliphatic rings. The van der Waals surface area contributed by atoms with Crippen LogP contribution in [0, 0.1) is 0 Å². The SMILES string of the molecule is FC(F)(F)C(F)(F)C(F)(F)C(F)(F)C(F)(F)C(F)(F)C(F)(F)C(F)(F)C(F)(F)C(F)(F)COCC1CO1. The quantitative estimate of drug-likeness (QED) is 0.183. The van der Waals surface area contributed by atoms with E-state index < -0.39 is 78.8 Å². The summed E-state index contributed by atoms with van der Waals surface area (Å²) in [5.74, 6) is -77.0. The number of epoxide rings is 1. The molecule has 1 aliphatic heterocycles. The van der Waals surface area contributed by atoms with Crippen LogP contribution in [0.4, 0.5) is 92.2 Å². The van der Waals surface area contributed by atoms with Gasteiger partial charge < -0.3 is 9.47 Å². The van der Waals surface area contributed by atoms with Crippen molar-refractivity contribution in [2.24, 2.45) is 0 Å². The third-order valence-electron chi connectivity index (χ3n) is 4.57. The summed E-state index contributed by atoms with van der Waals surface area (Å²) in [4.78, 5) is 0. The molecule has 1 atom stereocenters. The van der Waals surface area contributed by atoms with Gasteiger partial charge in [0, 0.05) is 0 Å². The van der Waals surface area contributed by atoms with Crippen molar-refractivity contribution in [2.45, 2.75) is 65.6 Å². The van der Waals surface area contributed by atoms with Gasteiger partial charge in [0.2, 0.25) is 0 Å². The predicted octanol–water partition coefficient (Wildman–Crippen LogP) is 6.68. The summed E-state index contributed by atoms with van der Waals surface area (Å²) in [7, 11) is 0. The first-order valence-electron chi connectivity index (χ1n) is 8.49. The standard InChI is InChI=1S/C14H7F21O2/c15-5(16,3-36-1-4-2-37-4)6(17,18)7(19,20)8(21,22)9(23,24)10(25,26)11(27,28)12(29,30)13(31,32)14(33,34)35/h4H,1-3H2. The van der Waals surface area contributed by atoms with Crippen LogP contribution < -0.4 is 0 Å². The van der Waals surface area contributed by atoms with Gasteiger partial charge in [-0.15, -0.1) is 0 Å². The summed E-state index contributed by atoms with van der Waals surface area (Å²) in [6.45, 7) is -4.50. The van der Waals surface area contributed by atoms with Crippen LogP contribution in [0.3, 0.4) is 0 Å². The largest absolute Gasteiger partial charge is 0.460 e. The van der Waals surface area contributed by atoms with Crippen molar-refractivity contribution in [3.63, 3.8) is 0 Å². The highest BCUT2D eigenvalue weighted by Gasteiger charge is 2.97. The lowest BCUT2D eigenvalue weighted by Gasteiger charge is -2.44. The van der Waals surface area contributed by atoms with Crippen LogP contribution >= 0.6 is 0 Å². The Balaban J connectivity index is 3.58. The van der Waals surface area contributed by atoms with E-state index in [1.807, 2.05) is 0 Å². The second-order valence-corrected chi connectivity index (χ2v) is 7.27. The van der Waals surface area contributed by atoms with Crippen LogP contribution in [0.25, 0.3) is 0 Å². The van der Waals surface area contributed by atoms with Gasteiger partial charge in [-0.05, 0) is 0 Å². The number of hydrogen-bond donors (Lipinski definition) is 0. The number of rotatable bonds is 12. The van der Waals surface area contributed by atoms with Crippen LogP contribution in [0.2, 0.25) is 0 Å². The fourth-order valence-corrected chi connectivity index (χ4v) is 2.16. The van der Waals surface area contributed by atoms with E-state index in [9.17, 15) is 92.2 Å². The summed E-state index contributed by atoms with van der Waals surface area (Å²) in [6, 6.07) is 0. The molecule has 0 bridgehead atoms. The third-order valence-corrected chi connectivity index (χ3v) is 4.57. The summed E-state index contributed by atoms with van der Waals surface area (Å²) >= 11 is 0. The Morgan fingerprint density at radius 1 is 0.459 bits per heavy atom. The highest BCUT2D eigenvalue weighted by Crippen LogP contribution is 2.66. The number of hydrogen-bond acceptors (Lipinski definition) is 2. The van der Waals surface area contributed by atoms with Crippen LogP contribution in [0.15, 0.2) is 0 Å². The Morgan fingerprint density at radius 3 is 1.00 bits per heavy atom. The molecule has 0 aliphatic carbocycles. The van der Waals surface area contributed by atoms with Gasteiger partial charge in [0.15, 0.2) is 0 Å². The lowest BCUT2D eigenvalue weighted by molar-refractivity contribution is -0.474. The first-order chi connectivity index (χ1) is 15.8. The normalized spacial score (nSPS) is 19.9. The molecule has 0 radical (unpaired) electrons. The van der Waals surface area contributed by atoms with Crippen molar-refractivity contribution in [1.29, 1.82) is 0 Å². The van der Waals surface area contributed by atoms with Crippen LogP contribution in [-0.2, 0) is 9.47 Å². The van der Waals surface area contributed by atoms with Gasteiger partial charge in [-0.1, -0.05) is 0 Å². The van der Waals surface area contributed by atoms with Gasteiger partial charge in [-0.3, -0.25) is 0 Å². The Morgan fingerprint density at radius 2 is 0.730 bits per heavy atom. The molecule has 1 heterocycles. The van der Waals surface area contributed by atoms with E-state index in [4.69, 9.17) is 0 Å². The van der Waals surface area contributed by atoms with Gasteiger partial charge in [0.05, 0.1) is 13.2 Å². The predicted molar refractivity (Wildman–Crippen MR) is 71.1 cm³/mol. The van der Waals surface area contributed by atoms with E-state index in [0.717, 1.165) is 0 Å². The molecule has 222 valence electrons. The van der Waals surface area contributed by atoms with E-state index in [2.05, 4.69) is 9.47 Å². The minimum atomic E-state index is -9.17. The van der Waals surface area contributed by atoms with Crippen molar-refractivity contribution in [3.8, 4) is 0 Å². The average Bonchev–Trinajstić information content (AvgIpc) is 3.49. The van der Waals surface area contributed by atoms with Crippen LogP contribution in [0.5, 0.6) is 0 Å². The molecule has 0 aromatic heterocycles. The number of ether oxygens (including phenoxy) is 2. The monoisotopic (exact) mass is 606 g/mol. The fraction of sp³-hybridized carbons (Fsp3) is 1.00. The summed E-state index contributed by atoms with van der Waals surface area (Å²) in [5, 5.41) is 0. The van der Waals surface area contributed by atoms with Crippen molar-refractivity contribution in [1.82, 2.24) is 0 Å². The Bertz CT molecular complexity index is 824. The molecule has 0 amide bonds. The van der Waals surface area contributed by atoms with Crippen molar-refractivity contribution in [3.05, 3.63) is 0 Å². The highest BCUT2D eigenvalue weighted by atomic mass is 19.4. The van der Waals surface area contributed by atoms with E-state index in [0.29, 0.717) is 0 Å². The minimum Gasteiger partial charge on any atom is -0.372 e. The molecule has 0 spiro atoms. The molecule has 23 heteroatoms. The minimum absolute atomic E-state index is 0.288. The maximum absolute atomic E-state index is 13.6. The lowest BCUT2D eigenvalue weighted by Crippen LogP contribution is -2.77. The van der Waals surface area contributed by atoms with Gasteiger partial charge in [0.1, 0.15) is 12.7 Å². The van der Waals surface area contributed by atoms with Crippen LogP contribution in [0.1, 0.15) is 0 Å². The molecule has 1 unspecified atom stereocenters. The number of alkyl halides is 21. The fourth-order valence-electron chi connectivity index (χ4n) is 2.16. The molecule has 1 saturated heterocycles. The topological polar surface area (TPSA) is 21.8 Å². The average molecular weight is 606 g/mol. The lowest BCUT2D eigenvalue weighted by atomic mass is 9.86. The second-order valence-electron chi connectivity index (χ2n) is 7.27. The van der Waals surface area contributed by atoms with Gasteiger partial charge >= 0.3 is 59.5 Å². The molecule has 37 heavy (non-hydrogen) atoms. The molecule has 1 rings (SSSR count). The van der Waals surface area contributed by atoms with E-state index in [-0.39, 0.29) is 6.61 Å². The molecular weight excluding hydrogens is 599 g/mol. The Labute approximate surface area is 188 Å². The highest BCUT2D eigenvalue weighted by molar-refractivity contribution is 5.17. The molecule has 0 saturated carbocycles. The zero-order chi connectivity index (χ0) is 30.1. The van der Waals surface area contributed by atoms with Gasteiger partial charge in [0.25, 0.3) is 0 Å². The van der Waals surface area contributed by atoms with E-state index in [1.54, 1.807) is 0 Å². The molecular formula is C14H7F21O2. The second kappa shape index (κ2) is 8.73. The maximum Gasteiger partial charge on any atom is 0.460 e. The van der Waals surface area contributed by atoms with Crippen molar-refractivity contribution in [2.75, 3.05) is 19.8 Å². The Hall–Kier alpha value is -1.55. The van der Waals surface area contributed by atoms with Gasteiger partial charge in [-0.2, -0.15) is 92.2 Å².